The summed E-state index contributed by atoms with van der Waals surface area (Å²) in [5.41, 5.74) is 5.81. The number of hydrogen-bond acceptors (Lipinski definition) is 3. The zero-order valence-electron chi connectivity index (χ0n) is 10.3. The SMILES string of the molecule is Nc1ccc(=O)n(CC(=O)Nc2ccc(Cl)c(F)c2)c1. The number of carbonyl (C=O) groups excluding carboxylic acids is 1. The van der Waals surface area contributed by atoms with Gasteiger partial charge in [0, 0.05) is 23.6 Å². The monoisotopic (exact) mass is 295 g/mol. The number of amides is 1. The normalized spacial score (nSPS) is 10.3. The van der Waals surface area contributed by atoms with Crippen LogP contribution in [0.1, 0.15) is 0 Å². The molecule has 1 heterocycles. The average Bonchev–Trinajstić information content (AvgIpc) is 2.38. The minimum atomic E-state index is -0.634. The van der Waals surface area contributed by atoms with Crippen molar-refractivity contribution < 1.29 is 9.18 Å². The first-order valence-corrected chi connectivity index (χ1v) is 6.04. The molecule has 0 unspecified atom stereocenters. The summed E-state index contributed by atoms with van der Waals surface area (Å²) >= 11 is 5.54. The predicted octanol–water partition coefficient (Wildman–Crippen LogP) is 1.86. The summed E-state index contributed by atoms with van der Waals surface area (Å²) in [7, 11) is 0. The van der Waals surface area contributed by atoms with Crippen LogP contribution < -0.4 is 16.6 Å². The first-order chi connectivity index (χ1) is 9.45. The minimum Gasteiger partial charge on any atom is -0.398 e. The first-order valence-electron chi connectivity index (χ1n) is 5.66. The van der Waals surface area contributed by atoms with Crippen molar-refractivity contribution in [2.24, 2.45) is 0 Å². The Labute approximate surface area is 118 Å². The van der Waals surface area contributed by atoms with Crippen molar-refractivity contribution in [3.8, 4) is 0 Å². The summed E-state index contributed by atoms with van der Waals surface area (Å²) < 4.78 is 14.4. The Kier molecular flexibility index (Phi) is 4.05. The van der Waals surface area contributed by atoms with Gasteiger partial charge < -0.3 is 15.6 Å². The Balaban J connectivity index is 2.11. The summed E-state index contributed by atoms with van der Waals surface area (Å²) in [5, 5.41) is 2.43. The molecule has 1 aromatic carbocycles. The highest BCUT2D eigenvalue weighted by atomic mass is 35.5. The van der Waals surface area contributed by atoms with Gasteiger partial charge in [0.25, 0.3) is 5.56 Å². The van der Waals surface area contributed by atoms with Gasteiger partial charge in [0.2, 0.25) is 5.91 Å². The van der Waals surface area contributed by atoms with Crippen molar-refractivity contribution in [3.63, 3.8) is 0 Å². The highest BCUT2D eigenvalue weighted by molar-refractivity contribution is 6.30. The topological polar surface area (TPSA) is 77.1 Å². The van der Waals surface area contributed by atoms with Crippen molar-refractivity contribution in [1.29, 1.82) is 0 Å². The number of rotatable bonds is 3. The van der Waals surface area contributed by atoms with Crippen LogP contribution in [0.5, 0.6) is 0 Å². The molecule has 2 rings (SSSR count). The number of nitrogen functional groups attached to an aromatic ring is 1. The number of anilines is 2. The second kappa shape index (κ2) is 5.75. The van der Waals surface area contributed by atoms with E-state index in [1.165, 1.54) is 30.5 Å². The maximum Gasteiger partial charge on any atom is 0.251 e. The average molecular weight is 296 g/mol. The Bertz CT molecular complexity index is 715. The van der Waals surface area contributed by atoms with Crippen LogP contribution in [0.15, 0.2) is 41.3 Å². The minimum absolute atomic E-state index is 0.0324. The third-order valence-electron chi connectivity index (χ3n) is 2.52. The third-order valence-corrected chi connectivity index (χ3v) is 2.83. The fourth-order valence-electron chi connectivity index (χ4n) is 1.60. The number of nitrogens with one attached hydrogen (secondary N) is 1. The van der Waals surface area contributed by atoms with Crippen LogP contribution in [0.25, 0.3) is 0 Å². The standard InChI is InChI=1S/C13H11ClFN3O2/c14-10-3-2-9(5-11(10)15)17-12(19)7-18-6-8(16)1-4-13(18)20/h1-6H,7,16H2,(H,17,19). The number of halogens is 2. The van der Waals surface area contributed by atoms with Gasteiger partial charge in [-0.15, -0.1) is 0 Å². The maximum atomic E-state index is 13.2. The molecule has 0 aliphatic carbocycles. The van der Waals surface area contributed by atoms with Gasteiger partial charge in [0.15, 0.2) is 0 Å². The fourth-order valence-corrected chi connectivity index (χ4v) is 1.72. The van der Waals surface area contributed by atoms with Crippen molar-refractivity contribution in [2.75, 3.05) is 11.1 Å². The number of benzene rings is 1. The van der Waals surface area contributed by atoms with Gasteiger partial charge in [0.05, 0.1) is 5.02 Å². The van der Waals surface area contributed by atoms with Gasteiger partial charge >= 0.3 is 0 Å². The van der Waals surface area contributed by atoms with Crippen molar-refractivity contribution >= 4 is 28.9 Å². The van der Waals surface area contributed by atoms with Crippen LogP contribution in [0.3, 0.4) is 0 Å². The molecule has 1 amide bonds. The number of aromatic nitrogens is 1. The molecule has 0 atom stereocenters. The molecule has 0 aliphatic rings. The van der Waals surface area contributed by atoms with Crippen LogP contribution in [0.4, 0.5) is 15.8 Å². The molecule has 7 heteroatoms. The molecular weight excluding hydrogens is 285 g/mol. The Morgan fingerprint density at radius 1 is 1.35 bits per heavy atom. The molecule has 5 nitrogen and oxygen atoms in total. The Morgan fingerprint density at radius 3 is 2.80 bits per heavy atom. The zero-order chi connectivity index (χ0) is 14.7. The Hall–Kier alpha value is -2.34. The van der Waals surface area contributed by atoms with E-state index in [2.05, 4.69) is 5.32 Å². The summed E-state index contributed by atoms with van der Waals surface area (Å²) in [6, 6.07) is 6.61. The second-order valence-corrected chi connectivity index (χ2v) is 4.51. The molecular formula is C13H11ClFN3O2. The molecule has 0 saturated heterocycles. The molecule has 2 aromatic rings. The lowest BCUT2D eigenvalue weighted by atomic mass is 10.3. The van der Waals surface area contributed by atoms with Crippen molar-refractivity contribution in [3.05, 3.63) is 57.7 Å². The maximum absolute atomic E-state index is 13.2. The highest BCUT2D eigenvalue weighted by Gasteiger charge is 2.07. The van der Waals surface area contributed by atoms with E-state index < -0.39 is 11.7 Å². The summed E-state index contributed by atoms with van der Waals surface area (Å²) in [5.74, 6) is -1.11. The molecule has 104 valence electrons. The molecule has 0 aliphatic heterocycles. The van der Waals surface area contributed by atoms with E-state index in [0.29, 0.717) is 5.69 Å². The quantitative estimate of drug-likeness (QED) is 0.907. The lowest BCUT2D eigenvalue weighted by Gasteiger charge is -2.08. The Morgan fingerprint density at radius 2 is 2.10 bits per heavy atom. The number of nitrogens with two attached hydrogens (primary N) is 1. The van der Waals surface area contributed by atoms with Crippen LogP contribution in [0, 0.1) is 5.82 Å². The number of carbonyl (C=O) groups is 1. The van der Waals surface area contributed by atoms with E-state index in [1.54, 1.807) is 0 Å². The summed E-state index contributed by atoms with van der Waals surface area (Å²) in [6.45, 7) is -0.214. The van der Waals surface area contributed by atoms with E-state index in [4.69, 9.17) is 17.3 Å². The molecule has 20 heavy (non-hydrogen) atoms. The highest BCUT2D eigenvalue weighted by Crippen LogP contribution is 2.18. The van der Waals surface area contributed by atoms with E-state index in [1.807, 2.05) is 0 Å². The van der Waals surface area contributed by atoms with Crippen molar-refractivity contribution in [1.82, 2.24) is 4.57 Å². The van der Waals surface area contributed by atoms with Gasteiger partial charge in [-0.2, -0.15) is 0 Å². The smallest absolute Gasteiger partial charge is 0.251 e. The van der Waals surface area contributed by atoms with Gasteiger partial charge in [-0.1, -0.05) is 11.6 Å². The predicted molar refractivity (Wildman–Crippen MR) is 75.2 cm³/mol. The fraction of sp³-hybridized carbons (Fsp3) is 0.0769. The van der Waals surface area contributed by atoms with Crippen LogP contribution in [0.2, 0.25) is 5.02 Å². The second-order valence-electron chi connectivity index (χ2n) is 4.11. The van der Waals surface area contributed by atoms with Crippen LogP contribution >= 0.6 is 11.6 Å². The first kappa shape index (κ1) is 14.1. The van der Waals surface area contributed by atoms with Gasteiger partial charge in [0.1, 0.15) is 12.4 Å². The molecule has 1 aromatic heterocycles. The van der Waals surface area contributed by atoms with Crippen LogP contribution in [-0.4, -0.2) is 10.5 Å². The lowest BCUT2D eigenvalue weighted by Crippen LogP contribution is -2.27. The molecule has 0 bridgehead atoms. The van der Waals surface area contributed by atoms with E-state index in [-0.39, 0.29) is 22.8 Å². The number of nitrogens with zero attached hydrogens (tertiary/aromatic N) is 1. The van der Waals surface area contributed by atoms with Crippen LogP contribution in [-0.2, 0) is 11.3 Å². The van der Waals surface area contributed by atoms with E-state index in [9.17, 15) is 14.0 Å². The zero-order valence-corrected chi connectivity index (χ0v) is 11.0. The summed E-state index contributed by atoms with van der Waals surface area (Å²) in [4.78, 5) is 23.3. The largest absolute Gasteiger partial charge is 0.398 e. The van der Waals surface area contributed by atoms with Gasteiger partial charge in [-0.25, -0.2) is 4.39 Å². The molecule has 3 N–H and O–H groups in total. The van der Waals surface area contributed by atoms with Crippen molar-refractivity contribution in [2.45, 2.75) is 6.54 Å². The van der Waals surface area contributed by atoms with E-state index >= 15 is 0 Å². The third kappa shape index (κ3) is 3.36. The summed E-state index contributed by atoms with van der Waals surface area (Å²) in [6.07, 6.45) is 1.37. The van der Waals surface area contributed by atoms with E-state index in [0.717, 1.165) is 10.6 Å². The number of hydrogen-bond donors (Lipinski definition) is 2. The molecule has 0 fully saturated rings. The lowest BCUT2D eigenvalue weighted by molar-refractivity contribution is -0.116. The van der Waals surface area contributed by atoms with Gasteiger partial charge in [-0.05, 0) is 24.3 Å². The molecule has 0 saturated carbocycles. The number of pyridine rings is 1. The molecule has 0 radical (unpaired) electrons. The van der Waals surface area contributed by atoms with Gasteiger partial charge in [-0.3, -0.25) is 9.59 Å². The molecule has 0 spiro atoms.